The van der Waals surface area contributed by atoms with Crippen molar-refractivity contribution in [3.63, 3.8) is 0 Å². The summed E-state index contributed by atoms with van der Waals surface area (Å²) in [6.45, 7) is 0. The Hall–Kier alpha value is -2.01. The molecule has 2 aromatic rings. The van der Waals surface area contributed by atoms with E-state index in [1.807, 2.05) is 12.1 Å². The van der Waals surface area contributed by atoms with Gasteiger partial charge < -0.3 is 10.5 Å². The zero-order chi connectivity index (χ0) is 14.5. The average molecular weight is 291 g/mol. The Labute approximate surface area is 120 Å². The summed E-state index contributed by atoms with van der Waals surface area (Å²) >= 11 is 1.35. The van der Waals surface area contributed by atoms with Crippen molar-refractivity contribution in [1.82, 2.24) is 0 Å². The molecule has 2 N–H and O–H groups in total. The maximum absolute atomic E-state index is 13.9. The summed E-state index contributed by atoms with van der Waals surface area (Å²) in [5, 5.41) is 0. The molecule has 0 spiro atoms. The van der Waals surface area contributed by atoms with Crippen molar-refractivity contribution in [2.45, 2.75) is 4.90 Å². The number of carbonyl (C=O) groups is 1. The third-order valence-electron chi connectivity index (χ3n) is 2.72. The fraction of sp³-hybridized carbons (Fsp3) is 0.133. The van der Waals surface area contributed by atoms with Crippen LogP contribution >= 0.6 is 11.8 Å². The number of amides is 1. The Morgan fingerprint density at radius 2 is 1.95 bits per heavy atom. The first-order valence-corrected chi connectivity index (χ1v) is 6.94. The zero-order valence-corrected chi connectivity index (χ0v) is 11.7. The molecule has 0 aliphatic heterocycles. The fourth-order valence-corrected chi connectivity index (χ4v) is 2.46. The SMILES string of the molecule is COc1cccc(F)c1-c1ccc(SCC(N)=O)cc1. The fourth-order valence-electron chi connectivity index (χ4n) is 1.83. The van der Waals surface area contributed by atoms with Gasteiger partial charge in [-0.15, -0.1) is 11.8 Å². The van der Waals surface area contributed by atoms with Gasteiger partial charge >= 0.3 is 0 Å². The Morgan fingerprint density at radius 3 is 2.55 bits per heavy atom. The van der Waals surface area contributed by atoms with Gasteiger partial charge in [-0.3, -0.25) is 4.79 Å². The maximum Gasteiger partial charge on any atom is 0.227 e. The first kappa shape index (κ1) is 14.4. The minimum atomic E-state index is -0.366. The van der Waals surface area contributed by atoms with Gasteiger partial charge in [0.15, 0.2) is 0 Å². The van der Waals surface area contributed by atoms with Crippen LogP contribution in [0.1, 0.15) is 0 Å². The van der Waals surface area contributed by atoms with Gasteiger partial charge in [0.25, 0.3) is 0 Å². The molecule has 5 heteroatoms. The lowest BCUT2D eigenvalue weighted by Gasteiger charge is -2.10. The molecule has 2 aromatic carbocycles. The first-order chi connectivity index (χ1) is 9.61. The number of nitrogens with two attached hydrogens (primary N) is 1. The number of benzene rings is 2. The highest BCUT2D eigenvalue weighted by Crippen LogP contribution is 2.33. The molecule has 0 unspecified atom stereocenters. The van der Waals surface area contributed by atoms with E-state index in [1.165, 1.54) is 24.9 Å². The molecule has 1 amide bonds. The number of methoxy groups -OCH3 is 1. The number of thioether (sulfide) groups is 1. The molecule has 0 heterocycles. The monoisotopic (exact) mass is 291 g/mol. The number of carbonyl (C=O) groups excluding carboxylic acids is 1. The summed E-state index contributed by atoms with van der Waals surface area (Å²) in [4.78, 5) is 11.6. The zero-order valence-electron chi connectivity index (χ0n) is 10.9. The largest absolute Gasteiger partial charge is 0.496 e. The molecular formula is C15H14FNO2S. The summed E-state index contributed by atoms with van der Waals surface area (Å²) in [7, 11) is 1.51. The van der Waals surface area contributed by atoms with Gasteiger partial charge in [-0.1, -0.05) is 18.2 Å². The van der Waals surface area contributed by atoms with Crippen molar-refractivity contribution in [3.05, 3.63) is 48.3 Å². The van der Waals surface area contributed by atoms with Crippen molar-refractivity contribution in [2.75, 3.05) is 12.9 Å². The van der Waals surface area contributed by atoms with Crippen molar-refractivity contribution in [2.24, 2.45) is 5.73 Å². The van der Waals surface area contributed by atoms with Crippen LogP contribution in [0.4, 0.5) is 4.39 Å². The van der Waals surface area contributed by atoms with Crippen LogP contribution < -0.4 is 10.5 Å². The van der Waals surface area contributed by atoms with Crippen LogP contribution in [0.3, 0.4) is 0 Å². The van der Waals surface area contributed by atoms with E-state index in [-0.39, 0.29) is 17.5 Å². The second-order valence-electron chi connectivity index (χ2n) is 4.10. The molecule has 3 nitrogen and oxygen atoms in total. The molecule has 20 heavy (non-hydrogen) atoms. The van der Waals surface area contributed by atoms with E-state index in [2.05, 4.69) is 0 Å². The van der Waals surface area contributed by atoms with E-state index >= 15 is 0 Å². The summed E-state index contributed by atoms with van der Waals surface area (Å²) in [5.74, 6) is 0.0156. The van der Waals surface area contributed by atoms with Crippen molar-refractivity contribution in [1.29, 1.82) is 0 Å². The highest BCUT2D eigenvalue weighted by atomic mass is 32.2. The van der Waals surface area contributed by atoms with Gasteiger partial charge in [-0.2, -0.15) is 0 Å². The lowest BCUT2D eigenvalue weighted by atomic mass is 10.0. The molecule has 0 fully saturated rings. The normalized spacial score (nSPS) is 10.3. The number of hydrogen-bond donors (Lipinski definition) is 1. The van der Waals surface area contributed by atoms with Crippen molar-refractivity contribution in [3.8, 4) is 16.9 Å². The smallest absolute Gasteiger partial charge is 0.227 e. The standard InChI is InChI=1S/C15H14FNO2S/c1-19-13-4-2-3-12(16)15(13)10-5-7-11(8-6-10)20-9-14(17)18/h2-8H,9H2,1H3,(H2,17,18). The van der Waals surface area contributed by atoms with E-state index in [9.17, 15) is 9.18 Å². The number of hydrogen-bond acceptors (Lipinski definition) is 3. The van der Waals surface area contributed by atoms with Crippen LogP contribution in [0.5, 0.6) is 5.75 Å². The number of rotatable bonds is 5. The molecule has 0 bridgehead atoms. The minimum Gasteiger partial charge on any atom is -0.496 e. The molecule has 0 saturated carbocycles. The highest BCUT2D eigenvalue weighted by molar-refractivity contribution is 8.00. The number of ether oxygens (including phenoxy) is 1. The van der Waals surface area contributed by atoms with Crippen molar-refractivity contribution < 1.29 is 13.9 Å². The van der Waals surface area contributed by atoms with Crippen LogP contribution in [-0.2, 0) is 4.79 Å². The van der Waals surface area contributed by atoms with Crippen LogP contribution in [0.25, 0.3) is 11.1 Å². The van der Waals surface area contributed by atoms with Gasteiger partial charge in [0.05, 0.1) is 18.4 Å². The molecule has 0 aliphatic rings. The molecule has 104 valence electrons. The molecule has 0 saturated heterocycles. The molecular weight excluding hydrogens is 277 g/mol. The molecule has 0 atom stereocenters. The molecule has 2 rings (SSSR count). The number of halogens is 1. The Bertz CT molecular complexity index is 614. The summed E-state index contributed by atoms with van der Waals surface area (Å²) in [6, 6.07) is 12.0. The number of primary amides is 1. The minimum absolute atomic E-state index is 0.225. The summed E-state index contributed by atoms with van der Waals surface area (Å²) < 4.78 is 19.1. The van der Waals surface area contributed by atoms with Crippen LogP contribution in [-0.4, -0.2) is 18.8 Å². The Morgan fingerprint density at radius 1 is 1.25 bits per heavy atom. The van der Waals surface area contributed by atoms with E-state index in [1.54, 1.807) is 24.3 Å². The van der Waals surface area contributed by atoms with E-state index < -0.39 is 0 Å². The molecule has 0 aromatic heterocycles. The topological polar surface area (TPSA) is 52.3 Å². The second-order valence-corrected chi connectivity index (χ2v) is 5.15. The van der Waals surface area contributed by atoms with Gasteiger partial charge in [-0.25, -0.2) is 4.39 Å². The summed E-state index contributed by atoms with van der Waals surface area (Å²) in [6.07, 6.45) is 0. The van der Waals surface area contributed by atoms with E-state index in [0.717, 1.165) is 10.5 Å². The van der Waals surface area contributed by atoms with Gasteiger partial charge in [-0.05, 0) is 29.8 Å². The van der Waals surface area contributed by atoms with Gasteiger partial charge in [0, 0.05) is 4.90 Å². The van der Waals surface area contributed by atoms with E-state index in [0.29, 0.717) is 11.3 Å². The predicted molar refractivity (Wildman–Crippen MR) is 78.3 cm³/mol. The van der Waals surface area contributed by atoms with Crippen LogP contribution in [0.2, 0.25) is 0 Å². The maximum atomic E-state index is 13.9. The third-order valence-corrected chi connectivity index (χ3v) is 3.75. The van der Waals surface area contributed by atoms with Gasteiger partial charge in [0.2, 0.25) is 5.91 Å². The first-order valence-electron chi connectivity index (χ1n) is 5.96. The Balaban J connectivity index is 2.28. The predicted octanol–water partition coefficient (Wildman–Crippen LogP) is 3.08. The van der Waals surface area contributed by atoms with Gasteiger partial charge in [0.1, 0.15) is 11.6 Å². The lowest BCUT2D eigenvalue weighted by molar-refractivity contribution is -0.115. The highest BCUT2D eigenvalue weighted by Gasteiger charge is 2.11. The average Bonchev–Trinajstić information content (AvgIpc) is 2.45. The third kappa shape index (κ3) is 3.30. The lowest BCUT2D eigenvalue weighted by Crippen LogP contribution is -2.12. The second kappa shape index (κ2) is 6.43. The van der Waals surface area contributed by atoms with Crippen LogP contribution in [0, 0.1) is 5.82 Å². The molecule has 0 aliphatic carbocycles. The molecule has 0 radical (unpaired) electrons. The summed E-state index contributed by atoms with van der Waals surface area (Å²) in [5.41, 5.74) is 6.25. The Kier molecular flexibility index (Phi) is 4.63. The quantitative estimate of drug-likeness (QED) is 0.861. The van der Waals surface area contributed by atoms with Crippen LogP contribution in [0.15, 0.2) is 47.4 Å². The van der Waals surface area contributed by atoms with E-state index in [4.69, 9.17) is 10.5 Å². The van der Waals surface area contributed by atoms with Crippen molar-refractivity contribution >= 4 is 17.7 Å².